The van der Waals surface area contributed by atoms with Crippen molar-refractivity contribution in [3.8, 4) is 5.75 Å². The molecule has 1 aliphatic heterocycles. The number of benzene rings is 2. The van der Waals surface area contributed by atoms with Crippen LogP contribution in [0.15, 0.2) is 54.7 Å². The van der Waals surface area contributed by atoms with Gasteiger partial charge in [-0.15, -0.1) is 0 Å². The number of nitrogens with zero attached hydrogens (tertiary/aromatic N) is 2. The molecule has 6 nitrogen and oxygen atoms in total. The first-order chi connectivity index (χ1) is 13.6. The smallest absolute Gasteiger partial charge is 0.229 e. The molecule has 0 aliphatic carbocycles. The minimum absolute atomic E-state index is 0.0916. The summed E-state index contributed by atoms with van der Waals surface area (Å²) in [5.41, 5.74) is 2.04. The van der Waals surface area contributed by atoms with Crippen LogP contribution in [0.25, 0.3) is 10.9 Å². The average molecular weight is 396 g/mol. The predicted molar refractivity (Wildman–Crippen MR) is 109 cm³/mol. The van der Waals surface area contributed by atoms with E-state index < -0.39 is 5.92 Å². The number of carbonyl (C=O) groups excluding carboxylic acids is 2. The Morgan fingerprint density at radius 3 is 2.86 bits per heavy atom. The molecule has 2 amide bonds. The number of halogens is 1. The van der Waals surface area contributed by atoms with Crippen molar-refractivity contribution < 1.29 is 14.3 Å². The lowest BCUT2D eigenvalue weighted by Gasteiger charge is -2.18. The highest BCUT2D eigenvalue weighted by Gasteiger charge is 2.36. The summed E-state index contributed by atoms with van der Waals surface area (Å²) in [6.07, 6.45) is 1.85. The number of ether oxygens (including phenoxy) is 1. The maximum atomic E-state index is 12.7. The van der Waals surface area contributed by atoms with Crippen LogP contribution in [0, 0.1) is 5.92 Å². The van der Waals surface area contributed by atoms with Gasteiger partial charge in [-0.05, 0) is 30.3 Å². The molecule has 0 radical (unpaired) electrons. The number of rotatable bonds is 4. The molecule has 1 N–H and O–H groups in total. The summed E-state index contributed by atoms with van der Waals surface area (Å²) < 4.78 is 5.12. The van der Waals surface area contributed by atoms with Crippen molar-refractivity contribution in [3.05, 3.63) is 59.8 Å². The lowest BCUT2D eigenvalue weighted by molar-refractivity contribution is -0.122. The second-order valence-electron chi connectivity index (χ2n) is 6.60. The van der Waals surface area contributed by atoms with E-state index in [1.165, 1.54) is 7.11 Å². The highest BCUT2D eigenvalue weighted by atomic mass is 35.5. The topological polar surface area (TPSA) is 71.5 Å². The van der Waals surface area contributed by atoms with Gasteiger partial charge in [0.1, 0.15) is 5.75 Å². The zero-order valence-electron chi connectivity index (χ0n) is 15.2. The molecule has 0 spiro atoms. The number of nitrogens with one attached hydrogen (secondary N) is 1. The predicted octanol–water partition coefficient (Wildman–Crippen LogP) is 3.89. The molecular formula is C21H18ClN3O3. The molecule has 3 aromatic rings. The van der Waals surface area contributed by atoms with Crippen molar-refractivity contribution in [3.63, 3.8) is 0 Å². The SMILES string of the molecule is COc1ccc(NC(=O)C2CC(=O)N(c3cccc4cccnc34)C2)cc1Cl. The summed E-state index contributed by atoms with van der Waals surface area (Å²) >= 11 is 6.11. The molecule has 28 heavy (non-hydrogen) atoms. The van der Waals surface area contributed by atoms with Crippen LogP contribution < -0.4 is 15.0 Å². The van der Waals surface area contributed by atoms with E-state index in [1.807, 2.05) is 30.3 Å². The van der Waals surface area contributed by atoms with E-state index in [2.05, 4.69) is 10.3 Å². The van der Waals surface area contributed by atoms with E-state index in [1.54, 1.807) is 29.3 Å². The lowest BCUT2D eigenvalue weighted by Crippen LogP contribution is -2.28. The monoisotopic (exact) mass is 395 g/mol. The number of methoxy groups -OCH3 is 1. The number of fused-ring (bicyclic) bond motifs is 1. The number of aromatic nitrogens is 1. The number of carbonyl (C=O) groups is 2. The third-order valence-electron chi connectivity index (χ3n) is 4.82. The number of hydrogen-bond acceptors (Lipinski definition) is 4. The first kappa shape index (κ1) is 18.3. The van der Waals surface area contributed by atoms with Crippen LogP contribution >= 0.6 is 11.6 Å². The molecule has 1 aliphatic rings. The molecular weight excluding hydrogens is 378 g/mol. The van der Waals surface area contributed by atoms with Gasteiger partial charge in [0.05, 0.1) is 29.3 Å². The number of pyridine rings is 1. The Morgan fingerprint density at radius 2 is 2.07 bits per heavy atom. The van der Waals surface area contributed by atoms with Crippen molar-refractivity contribution in [2.24, 2.45) is 5.92 Å². The Morgan fingerprint density at radius 1 is 1.25 bits per heavy atom. The number of para-hydroxylation sites is 1. The highest BCUT2D eigenvalue weighted by Crippen LogP contribution is 2.32. The Kier molecular flexibility index (Phi) is 4.88. The second-order valence-corrected chi connectivity index (χ2v) is 7.00. The maximum Gasteiger partial charge on any atom is 0.229 e. The van der Waals surface area contributed by atoms with Crippen molar-refractivity contribution in [2.45, 2.75) is 6.42 Å². The highest BCUT2D eigenvalue weighted by molar-refractivity contribution is 6.32. The number of amides is 2. The number of hydrogen-bond donors (Lipinski definition) is 1. The van der Waals surface area contributed by atoms with Crippen molar-refractivity contribution in [1.29, 1.82) is 0 Å². The van der Waals surface area contributed by atoms with Gasteiger partial charge in [0.15, 0.2) is 0 Å². The average Bonchev–Trinajstić information content (AvgIpc) is 3.09. The molecule has 7 heteroatoms. The fourth-order valence-corrected chi connectivity index (χ4v) is 3.67. The Hall–Kier alpha value is -3.12. The van der Waals surface area contributed by atoms with Crippen LogP contribution in [0.4, 0.5) is 11.4 Å². The van der Waals surface area contributed by atoms with Gasteiger partial charge in [-0.1, -0.05) is 29.8 Å². The van der Waals surface area contributed by atoms with Crippen LogP contribution in [0.3, 0.4) is 0 Å². The van der Waals surface area contributed by atoms with Crippen LogP contribution in [0.5, 0.6) is 5.75 Å². The van der Waals surface area contributed by atoms with Crippen molar-refractivity contribution in [2.75, 3.05) is 23.9 Å². The molecule has 1 saturated heterocycles. The van der Waals surface area contributed by atoms with Gasteiger partial charge < -0.3 is 15.0 Å². The van der Waals surface area contributed by atoms with E-state index in [9.17, 15) is 9.59 Å². The number of anilines is 2. The van der Waals surface area contributed by atoms with Gasteiger partial charge in [-0.3, -0.25) is 14.6 Å². The van der Waals surface area contributed by atoms with Crippen molar-refractivity contribution in [1.82, 2.24) is 4.98 Å². The summed E-state index contributed by atoms with van der Waals surface area (Å²) in [5, 5.41) is 4.19. The largest absolute Gasteiger partial charge is 0.495 e. The molecule has 0 bridgehead atoms. The van der Waals surface area contributed by atoms with E-state index in [0.29, 0.717) is 23.0 Å². The minimum Gasteiger partial charge on any atom is -0.495 e. The Bertz CT molecular complexity index is 1060. The Labute approximate surface area is 167 Å². The standard InChI is InChI=1S/C21H18ClN3O3/c1-28-18-8-7-15(11-16(18)22)24-21(27)14-10-19(26)25(12-14)17-6-2-4-13-5-3-9-23-20(13)17/h2-9,11,14H,10,12H2,1H3,(H,24,27). The summed E-state index contributed by atoms with van der Waals surface area (Å²) in [6.45, 7) is 0.310. The lowest BCUT2D eigenvalue weighted by atomic mass is 10.1. The first-order valence-electron chi connectivity index (χ1n) is 8.85. The van der Waals surface area contributed by atoms with Crippen LogP contribution in [-0.4, -0.2) is 30.5 Å². The van der Waals surface area contributed by atoms with Gasteiger partial charge in [0.25, 0.3) is 0 Å². The third-order valence-corrected chi connectivity index (χ3v) is 5.11. The zero-order valence-corrected chi connectivity index (χ0v) is 15.9. The molecule has 142 valence electrons. The first-order valence-corrected chi connectivity index (χ1v) is 9.23. The quantitative estimate of drug-likeness (QED) is 0.727. The van der Waals surface area contributed by atoms with Crippen LogP contribution in [0.2, 0.25) is 5.02 Å². The summed E-state index contributed by atoms with van der Waals surface area (Å²) in [7, 11) is 1.53. The fraction of sp³-hybridized carbons (Fsp3) is 0.190. The normalized spacial score (nSPS) is 16.4. The fourth-order valence-electron chi connectivity index (χ4n) is 3.41. The molecule has 1 fully saturated rings. The molecule has 2 heterocycles. The van der Waals surface area contributed by atoms with Gasteiger partial charge in [0, 0.05) is 30.2 Å². The summed E-state index contributed by atoms with van der Waals surface area (Å²) in [4.78, 5) is 31.3. The molecule has 1 unspecified atom stereocenters. The Balaban J connectivity index is 1.53. The van der Waals surface area contributed by atoms with E-state index in [4.69, 9.17) is 16.3 Å². The van der Waals surface area contributed by atoms with E-state index in [0.717, 1.165) is 16.6 Å². The third kappa shape index (κ3) is 3.39. The van der Waals surface area contributed by atoms with Gasteiger partial charge in [-0.2, -0.15) is 0 Å². The van der Waals surface area contributed by atoms with Gasteiger partial charge in [-0.25, -0.2) is 0 Å². The molecule has 2 aromatic carbocycles. The van der Waals surface area contributed by atoms with Gasteiger partial charge >= 0.3 is 0 Å². The van der Waals surface area contributed by atoms with Crippen LogP contribution in [-0.2, 0) is 9.59 Å². The minimum atomic E-state index is -0.452. The van der Waals surface area contributed by atoms with Gasteiger partial charge in [0.2, 0.25) is 11.8 Å². The second kappa shape index (κ2) is 7.48. The molecule has 1 atom stereocenters. The summed E-state index contributed by atoms with van der Waals surface area (Å²) in [6, 6.07) is 14.5. The van der Waals surface area contributed by atoms with E-state index >= 15 is 0 Å². The molecule has 0 saturated carbocycles. The summed E-state index contributed by atoms with van der Waals surface area (Å²) in [5.74, 6) is -0.228. The maximum absolute atomic E-state index is 12.7. The van der Waals surface area contributed by atoms with E-state index in [-0.39, 0.29) is 18.2 Å². The molecule has 1 aromatic heterocycles. The van der Waals surface area contributed by atoms with Crippen LogP contribution in [0.1, 0.15) is 6.42 Å². The zero-order chi connectivity index (χ0) is 19.7. The van der Waals surface area contributed by atoms with Crippen molar-refractivity contribution >= 4 is 45.7 Å². The molecule has 4 rings (SSSR count).